The minimum absolute atomic E-state index is 0.106. The van der Waals surface area contributed by atoms with Crippen LogP contribution in [0.15, 0.2) is 0 Å². The molecule has 0 radical (unpaired) electrons. The molecule has 104 heavy (non-hydrogen) atoms. The van der Waals surface area contributed by atoms with Crippen LogP contribution in [0.25, 0.3) is 0 Å². The number of unbranched alkanes of at least 4 members (excludes halogenated alkanes) is 50. The smallest absolute Gasteiger partial charge is 0.462 e. The molecule has 6 atom stereocenters. The van der Waals surface area contributed by atoms with Gasteiger partial charge in [0, 0.05) is 25.7 Å². The van der Waals surface area contributed by atoms with E-state index in [1.807, 2.05) is 0 Å². The molecule has 0 aliphatic carbocycles. The van der Waals surface area contributed by atoms with Crippen LogP contribution in [0.1, 0.15) is 447 Å². The third-order valence-corrected chi connectivity index (χ3v) is 22.1. The van der Waals surface area contributed by atoms with Gasteiger partial charge in [0.25, 0.3) is 0 Å². The maximum atomic E-state index is 13.1. The monoisotopic (exact) mass is 1520 g/mol. The van der Waals surface area contributed by atoms with Crippen molar-refractivity contribution in [1.29, 1.82) is 0 Å². The summed E-state index contributed by atoms with van der Waals surface area (Å²) in [4.78, 5) is 73.2. The van der Waals surface area contributed by atoms with Gasteiger partial charge in [0.1, 0.15) is 19.3 Å². The average molecular weight is 1520 g/mol. The molecule has 3 N–H and O–H groups in total. The lowest BCUT2D eigenvalue weighted by molar-refractivity contribution is -0.161. The van der Waals surface area contributed by atoms with E-state index in [2.05, 4.69) is 48.5 Å². The number of aliphatic hydroxyl groups excluding tert-OH is 1. The second kappa shape index (κ2) is 75.1. The zero-order chi connectivity index (χ0) is 76.5. The fourth-order valence-electron chi connectivity index (χ4n) is 13.2. The quantitative estimate of drug-likeness (QED) is 0.0222. The second-order valence-corrected chi connectivity index (χ2v) is 34.7. The van der Waals surface area contributed by atoms with E-state index >= 15 is 0 Å². The number of hydrogen-bond acceptors (Lipinski definition) is 15. The van der Waals surface area contributed by atoms with Crippen LogP contribution in [0.5, 0.6) is 0 Å². The van der Waals surface area contributed by atoms with Crippen molar-refractivity contribution in [2.24, 2.45) is 17.8 Å². The Morgan fingerprint density at radius 1 is 0.279 bits per heavy atom. The number of ether oxygens (including phenoxy) is 4. The summed E-state index contributed by atoms with van der Waals surface area (Å²) < 4.78 is 68.9. The minimum Gasteiger partial charge on any atom is -0.462 e. The molecule has 19 heteroatoms. The Bertz CT molecular complexity index is 2010. The minimum atomic E-state index is -4.97. The topological polar surface area (TPSA) is 237 Å². The number of carbonyl (C=O) groups is 4. The molecule has 0 aliphatic heterocycles. The summed E-state index contributed by atoms with van der Waals surface area (Å²) in [6.07, 6.45) is 65.2. The van der Waals surface area contributed by atoms with E-state index in [1.54, 1.807) is 0 Å². The summed E-state index contributed by atoms with van der Waals surface area (Å²) in [5.74, 6) is 0.236. The van der Waals surface area contributed by atoms with Crippen LogP contribution in [0.4, 0.5) is 0 Å². The van der Waals surface area contributed by atoms with Crippen LogP contribution < -0.4 is 0 Å². The highest BCUT2D eigenvalue weighted by Crippen LogP contribution is 2.45. The van der Waals surface area contributed by atoms with Crippen LogP contribution >= 0.6 is 15.6 Å². The van der Waals surface area contributed by atoms with Crippen molar-refractivity contribution in [1.82, 2.24) is 0 Å². The van der Waals surface area contributed by atoms with Crippen molar-refractivity contribution >= 4 is 39.5 Å². The molecule has 0 aromatic carbocycles. The standard InChI is InChI=1S/C85H166O17P2/c1-8-10-11-12-13-14-15-16-17-18-19-20-21-22-23-24-25-30-40-47-54-61-68-84(89)101-80(72-95-82(87)66-59-52-45-38-29-27-26-28-35-42-49-56-63-76(3)4)74-99-103(91,92)97-70-79(86)71-98-104(93,94)100-75-81(73-96-83(88)67-60-53-46-39-33-31-36-43-50-57-64-77(5)6)102-85(90)69-62-55-48-41-34-32-37-44-51-58-65-78(7)9-2/h76-81,86H,8-75H2,1-7H3,(H,91,92)(H,93,94)/t78?,79-,80-,81-/m1/s1. The summed E-state index contributed by atoms with van der Waals surface area (Å²) in [5, 5.41) is 10.7. The van der Waals surface area contributed by atoms with Crippen molar-refractivity contribution in [3.05, 3.63) is 0 Å². The average Bonchev–Trinajstić information content (AvgIpc) is 0.925. The van der Waals surface area contributed by atoms with Crippen molar-refractivity contribution in [2.75, 3.05) is 39.6 Å². The molecule has 0 saturated carbocycles. The van der Waals surface area contributed by atoms with Gasteiger partial charge in [-0.05, 0) is 43.4 Å². The maximum Gasteiger partial charge on any atom is 0.472 e. The highest BCUT2D eigenvalue weighted by atomic mass is 31.2. The summed E-state index contributed by atoms with van der Waals surface area (Å²) in [6.45, 7) is 12.0. The Labute approximate surface area is 638 Å². The third kappa shape index (κ3) is 76.8. The Hall–Kier alpha value is -1.94. The molecule has 0 aliphatic rings. The van der Waals surface area contributed by atoms with Crippen LogP contribution in [-0.2, 0) is 65.4 Å². The first-order valence-corrected chi connectivity index (χ1v) is 46.9. The molecular weight excluding hydrogens is 1350 g/mol. The molecule has 0 saturated heterocycles. The Morgan fingerprint density at radius 3 is 0.731 bits per heavy atom. The summed E-state index contributed by atoms with van der Waals surface area (Å²) >= 11 is 0. The maximum absolute atomic E-state index is 13.1. The van der Waals surface area contributed by atoms with Crippen LogP contribution in [0.3, 0.4) is 0 Å². The van der Waals surface area contributed by atoms with Gasteiger partial charge < -0.3 is 33.8 Å². The largest absolute Gasteiger partial charge is 0.472 e. The fourth-order valence-corrected chi connectivity index (χ4v) is 14.7. The molecule has 0 aromatic heterocycles. The number of esters is 4. The summed E-state index contributed by atoms with van der Waals surface area (Å²) in [6, 6.07) is 0. The van der Waals surface area contributed by atoms with Gasteiger partial charge >= 0.3 is 39.5 Å². The van der Waals surface area contributed by atoms with Gasteiger partial charge in [0.2, 0.25) is 0 Å². The van der Waals surface area contributed by atoms with E-state index in [0.29, 0.717) is 25.7 Å². The van der Waals surface area contributed by atoms with E-state index in [4.69, 9.17) is 37.0 Å². The Balaban J connectivity index is 5.24. The molecule has 618 valence electrons. The van der Waals surface area contributed by atoms with Gasteiger partial charge in [-0.3, -0.25) is 37.3 Å². The number of phosphoric acid groups is 2. The van der Waals surface area contributed by atoms with Crippen LogP contribution in [0, 0.1) is 17.8 Å². The number of carbonyl (C=O) groups excluding carboxylic acids is 4. The van der Waals surface area contributed by atoms with Crippen molar-refractivity contribution in [3.8, 4) is 0 Å². The Kier molecular flexibility index (Phi) is 73.7. The lowest BCUT2D eigenvalue weighted by atomic mass is 9.99. The molecule has 0 rings (SSSR count). The first kappa shape index (κ1) is 102. The van der Waals surface area contributed by atoms with Gasteiger partial charge in [0.15, 0.2) is 12.2 Å². The lowest BCUT2D eigenvalue weighted by Gasteiger charge is -2.21. The van der Waals surface area contributed by atoms with Crippen LogP contribution in [-0.4, -0.2) is 96.7 Å². The predicted octanol–water partition coefficient (Wildman–Crippen LogP) is 25.7. The first-order chi connectivity index (χ1) is 50.3. The molecule has 3 unspecified atom stereocenters. The number of aliphatic hydroxyl groups is 1. The zero-order valence-electron chi connectivity index (χ0n) is 68.5. The summed E-state index contributed by atoms with van der Waals surface area (Å²) in [7, 11) is -9.93. The van der Waals surface area contributed by atoms with Gasteiger partial charge in [0.05, 0.1) is 26.4 Å². The van der Waals surface area contributed by atoms with Crippen molar-refractivity contribution in [3.63, 3.8) is 0 Å². The number of rotatable bonds is 83. The molecular formula is C85H166O17P2. The highest BCUT2D eigenvalue weighted by Gasteiger charge is 2.30. The molecule has 0 fully saturated rings. The SMILES string of the molecule is CCCCCCCCCCCCCCCCCCCCCCCCC(=O)O[C@H](COC(=O)CCCCCCCCCCCCCCC(C)C)COP(=O)(O)OC[C@@H](O)COP(=O)(O)OC[C@@H](COC(=O)CCCCCCCCCCCCC(C)C)OC(=O)CCCCCCCCCCCCC(C)CC. The first-order valence-electron chi connectivity index (χ1n) is 43.9. The van der Waals surface area contributed by atoms with Gasteiger partial charge in [-0.2, -0.15) is 0 Å². The molecule has 0 heterocycles. The number of phosphoric ester groups is 2. The van der Waals surface area contributed by atoms with Gasteiger partial charge in [-0.1, -0.05) is 395 Å². The van der Waals surface area contributed by atoms with Gasteiger partial charge in [-0.25, -0.2) is 9.13 Å². The van der Waals surface area contributed by atoms with E-state index in [1.165, 1.54) is 257 Å². The van der Waals surface area contributed by atoms with Crippen molar-refractivity contribution < 1.29 is 80.2 Å². The van der Waals surface area contributed by atoms with E-state index < -0.39 is 97.5 Å². The van der Waals surface area contributed by atoms with Crippen molar-refractivity contribution in [2.45, 2.75) is 465 Å². The highest BCUT2D eigenvalue weighted by molar-refractivity contribution is 7.47. The van der Waals surface area contributed by atoms with E-state index in [9.17, 15) is 43.2 Å². The second-order valence-electron chi connectivity index (χ2n) is 31.8. The molecule has 0 amide bonds. The van der Waals surface area contributed by atoms with E-state index in [-0.39, 0.29) is 25.7 Å². The zero-order valence-corrected chi connectivity index (χ0v) is 70.3. The van der Waals surface area contributed by atoms with Crippen LogP contribution in [0.2, 0.25) is 0 Å². The predicted molar refractivity (Wildman–Crippen MR) is 428 cm³/mol. The van der Waals surface area contributed by atoms with Gasteiger partial charge in [-0.15, -0.1) is 0 Å². The molecule has 17 nitrogen and oxygen atoms in total. The summed E-state index contributed by atoms with van der Waals surface area (Å²) in [5.41, 5.74) is 0. The fraction of sp³-hybridized carbons (Fsp3) is 0.953. The number of hydrogen-bond donors (Lipinski definition) is 3. The molecule has 0 aromatic rings. The van der Waals surface area contributed by atoms with E-state index in [0.717, 1.165) is 108 Å². The normalized spacial score (nSPS) is 14.2. The third-order valence-electron chi connectivity index (χ3n) is 20.2. The molecule has 0 bridgehead atoms. The molecule has 0 spiro atoms. The lowest BCUT2D eigenvalue weighted by Crippen LogP contribution is -2.30. The Morgan fingerprint density at radius 2 is 0.490 bits per heavy atom.